The molecule has 110 valence electrons. The first-order chi connectivity index (χ1) is 9.61. The monoisotopic (exact) mass is 280 g/mol. The van der Waals surface area contributed by atoms with Crippen LogP contribution in [0.3, 0.4) is 0 Å². The minimum atomic E-state index is -0.534. The second-order valence-electron chi connectivity index (χ2n) is 4.88. The van der Waals surface area contributed by atoms with E-state index in [9.17, 15) is 14.4 Å². The van der Waals surface area contributed by atoms with Crippen LogP contribution in [0.2, 0.25) is 0 Å². The van der Waals surface area contributed by atoms with Crippen molar-refractivity contribution in [3.63, 3.8) is 0 Å². The molecule has 1 aliphatic heterocycles. The van der Waals surface area contributed by atoms with Crippen LogP contribution in [0.15, 0.2) is 15.8 Å². The number of rotatable bonds is 3. The Morgan fingerprint density at radius 2 is 2.10 bits per heavy atom. The van der Waals surface area contributed by atoms with E-state index in [0.29, 0.717) is 25.1 Å². The van der Waals surface area contributed by atoms with Crippen LogP contribution in [0.1, 0.15) is 18.9 Å². The molecule has 0 atom stereocenters. The summed E-state index contributed by atoms with van der Waals surface area (Å²) in [6.45, 7) is 4.83. The number of hydrogen-bond acceptors (Lipinski definition) is 4. The van der Waals surface area contributed by atoms with Gasteiger partial charge in [-0.15, -0.1) is 0 Å². The molecule has 1 amide bonds. The van der Waals surface area contributed by atoms with Crippen molar-refractivity contribution in [2.45, 2.75) is 26.3 Å². The lowest BCUT2D eigenvalue weighted by molar-refractivity contribution is -0.131. The molecule has 1 aromatic heterocycles. The van der Waals surface area contributed by atoms with E-state index >= 15 is 0 Å². The van der Waals surface area contributed by atoms with Crippen LogP contribution in [0.5, 0.6) is 0 Å². The van der Waals surface area contributed by atoms with E-state index in [4.69, 9.17) is 0 Å². The molecular weight excluding hydrogens is 260 g/mol. The van der Waals surface area contributed by atoms with Gasteiger partial charge in [0, 0.05) is 31.4 Å². The Labute approximate surface area is 116 Å². The van der Waals surface area contributed by atoms with Crippen LogP contribution in [0.4, 0.5) is 0 Å². The Morgan fingerprint density at radius 1 is 1.30 bits per heavy atom. The number of aromatic amines is 1. The first kappa shape index (κ1) is 14.5. The summed E-state index contributed by atoms with van der Waals surface area (Å²) < 4.78 is 1.28. The SMILES string of the molecule is CCc1cn(CC(=O)N2CCCNCC2)c(=O)[nH]c1=O. The quantitative estimate of drug-likeness (QED) is 0.737. The number of H-pyrrole nitrogens is 1. The highest BCUT2D eigenvalue weighted by atomic mass is 16.2. The van der Waals surface area contributed by atoms with Crippen molar-refractivity contribution < 1.29 is 4.79 Å². The Kier molecular flexibility index (Phi) is 4.73. The molecule has 0 unspecified atom stereocenters. The van der Waals surface area contributed by atoms with Gasteiger partial charge in [0.2, 0.25) is 5.91 Å². The summed E-state index contributed by atoms with van der Waals surface area (Å²) in [4.78, 5) is 39.4. The Morgan fingerprint density at radius 3 is 2.85 bits per heavy atom. The highest BCUT2D eigenvalue weighted by Crippen LogP contribution is 1.98. The molecule has 0 aromatic carbocycles. The van der Waals surface area contributed by atoms with Crippen LogP contribution in [-0.2, 0) is 17.8 Å². The molecule has 0 bridgehead atoms. The standard InChI is InChI=1S/C13H20N4O3/c1-2-10-8-17(13(20)15-12(10)19)9-11(18)16-6-3-4-14-5-7-16/h8,14H,2-7,9H2,1H3,(H,15,19,20). The fraction of sp³-hybridized carbons (Fsp3) is 0.615. The Bertz CT molecular complexity index is 582. The van der Waals surface area contributed by atoms with Crippen LogP contribution in [-0.4, -0.2) is 46.5 Å². The first-order valence-corrected chi connectivity index (χ1v) is 6.93. The molecule has 0 aliphatic carbocycles. The summed E-state index contributed by atoms with van der Waals surface area (Å²) in [5.41, 5.74) is -0.399. The number of nitrogens with zero attached hydrogens (tertiary/aromatic N) is 2. The molecule has 0 radical (unpaired) electrons. The highest BCUT2D eigenvalue weighted by molar-refractivity contribution is 5.76. The third kappa shape index (κ3) is 3.36. The number of carbonyl (C=O) groups is 1. The second kappa shape index (κ2) is 6.51. The average Bonchev–Trinajstić information content (AvgIpc) is 2.70. The maximum atomic E-state index is 12.2. The summed E-state index contributed by atoms with van der Waals surface area (Å²) in [5.74, 6) is -0.0927. The number of amides is 1. The zero-order valence-corrected chi connectivity index (χ0v) is 11.6. The predicted molar refractivity (Wildman–Crippen MR) is 74.8 cm³/mol. The maximum absolute atomic E-state index is 12.2. The van der Waals surface area contributed by atoms with Crippen molar-refractivity contribution in [1.29, 1.82) is 0 Å². The van der Waals surface area contributed by atoms with E-state index in [-0.39, 0.29) is 18.0 Å². The van der Waals surface area contributed by atoms with E-state index in [0.717, 1.165) is 19.5 Å². The summed E-state index contributed by atoms with van der Waals surface area (Å²) in [5, 5.41) is 3.22. The average molecular weight is 280 g/mol. The highest BCUT2D eigenvalue weighted by Gasteiger charge is 2.16. The van der Waals surface area contributed by atoms with Gasteiger partial charge < -0.3 is 10.2 Å². The van der Waals surface area contributed by atoms with Gasteiger partial charge in [-0.25, -0.2) is 4.79 Å². The third-order valence-electron chi connectivity index (χ3n) is 3.46. The number of aryl methyl sites for hydroxylation is 1. The largest absolute Gasteiger partial charge is 0.340 e. The lowest BCUT2D eigenvalue weighted by Crippen LogP contribution is -2.40. The third-order valence-corrected chi connectivity index (χ3v) is 3.46. The molecule has 0 spiro atoms. The van der Waals surface area contributed by atoms with E-state index in [2.05, 4.69) is 10.3 Å². The molecule has 7 nitrogen and oxygen atoms in total. The Hall–Kier alpha value is -1.89. The van der Waals surface area contributed by atoms with Gasteiger partial charge in [0.05, 0.1) is 0 Å². The van der Waals surface area contributed by atoms with Crippen molar-refractivity contribution in [2.24, 2.45) is 0 Å². The molecule has 1 saturated heterocycles. The molecule has 20 heavy (non-hydrogen) atoms. The van der Waals surface area contributed by atoms with E-state index in [1.54, 1.807) is 4.90 Å². The molecule has 7 heteroatoms. The number of nitrogens with one attached hydrogen (secondary N) is 2. The van der Waals surface area contributed by atoms with Crippen LogP contribution >= 0.6 is 0 Å². The second-order valence-corrected chi connectivity index (χ2v) is 4.88. The van der Waals surface area contributed by atoms with Gasteiger partial charge in [-0.2, -0.15) is 0 Å². The van der Waals surface area contributed by atoms with Crippen molar-refractivity contribution >= 4 is 5.91 Å². The van der Waals surface area contributed by atoms with Gasteiger partial charge in [0.1, 0.15) is 6.54 Å². The van der Waals surface area contributed by atoms with Crippen LogP contribution in [0, 0.1) is 0 Å². The molecule has 2 rings (SSSR count). The summed E-state index contributed by atoms with van der Waals surface area (Å²) in [7, 11) is 0. The minimum absolute atomic E-state index is 0.0252. The zero-order valence-electron chi connectivity index (χ0n) is 11.6. The van der Waals surface area contributed by atoms with Gasteiger partial charge in [-0.1, -0.05) is 6.92 Å². The fourth-order valence-corrected chi connectivity index (χ4v) is 2.26. The van der Waals surface area contributed by atoms with E-state index in [1.165, 1.54) is 10.8 Å². The number of hydrogen-bond donors (Lipinski definition) is 2. The molecule has 1 aromatic rings. The molecule has 1 aliphatic rings. The molecule has 2 heterocycles. The normalized spacial score (nSPS) is 15.9. The number of carbonyl (C=O) groups excluding carboxylic acids is 1. The topological polar surface area (TPSA) is 87.2 Å². The maximum Gasteiger partial charge on any atom is 0.328 e. The van der Waals surface area contributed by atoms with Gasteiger partial charge in [-0.05, 0) is 19.4 Å². The number of aromatic nitrogens is 2. The van der Waals surface area contributed by atoms with Crippen LogP contribution in [0.25, 0.3) is 0 Å². The predicted octanol–water partition coefficient (Wildman–Crippen LogP) is -1.08. The molecule has 1 fully saturated rings. The van der Waals surface area contributed by atoms with Crippen molar-refractivity contribution in [3.8, 4) is 0 Å². The summed E-state index contributed by atoms with van der Waals surface area (Å²) in [6.07, 6.45) is 2.92. The molecule has 2 N–H and O–H groups in total. The Balaban J connectivity index is 2.14. The van der Waals surface area contributed by atoms with Gasteiger partial charge >= 0.3 is 5.69 Å². The lowest BCUT2D eigenvalue weighted by atomic mass is 10.2. The van der Waals surface area contributed by atoms with Crippen molar-refractivity contribution in [1.82, 2.24) is 19.8 Å². The van der Waals surface area contributed by atoms with E-state index in [1.807, 2.05) is 6.92 Å². The van der Waals surface area contributed by atoms with E-state index < -0.39 is 5.69 Å². The van der Waals surface area contributed by atoms with Gasteiger partial charge in [0.15, 0.2) is 0 Å². The van der Waals surface area contributed by atoms with Crippen molar-refractivity contribution in [2.75, 3.05) is 26.2 Å². The van der Waals surface area contributed by atoms with Gasteiger partial charge in [0.25, 0.3) is 5.56 Å². The van der Waals surface area contributed by atoms with Crippen LogP contribution < -0.4 is 16.6 Å². The van der Waals surface area contributed by atoms with Gasteiger partial charge in [-0.3, -0.25) is 19.1 Å². The smallest absolute Gasteiger partial charge is 0.328 e. The fourth-order valence-electron chi connectivity index (χ4n) is 2.26. The zero-order chi connectivity index (χ0) is 14.5. The van der Waals surface area contributed by atoms with Crippen molar-refractivity contribution in [3.05, 3.63) is 32.6 Å². The minimum Gasteiger partial charge on any atom is -0.340 e. The molecule has 0 saturated carbocycles. The molecular formula is C13H20N4O3. The lowest BCUT2D eigenvalue weighted by Gasteiger charge is -2.20. The summed E-state index contributed by atoms with van der Waals surface area (Å²) >= 11 is 0. The summed E-state index contributed by atoms with van der Waals surface area (Å²) in [6, 6.07) is 0. The first-order valence-electron chi connectivity index (χ1n) is 6.93.